The quantitative estimate of drug-likeness (QED) is 0.490. The summed E-state index contributed by atoms with van der Waals surface area (Å²) in [5.74, 6) is 0.442. The van der Waals surface area contributed by atoms with Gasteiger partial charge in [0.15, 0.2) is 6.17 Å². The van der Waals surface area contributed by atoms with Crippen molar-refractivity contribution in [2.75, 3.05) is 0 Å². The van der Waals surface area contributed by atoms with Gasteiger partial charge in [-0.15, -0.1) is 0 Å². The molecule has 0 saturated heterocycles. The number of hydrogen-bond donors (Lipinski definition) is 0. The lowest BCUT2D eigenvalue weighted by molar-refractivity contribution is 0.329. The van der Waals surface area contributed by atoms with Gasteiger partial charge in [0, 0.05) is 0 Å². The molecule has 0 radical (unpaired) electrons. The highest BCUT2D eigenvalue weighted by atomic mass is 35.6. The van der Waals surface area contributed by atoms with Crippen LogP contribution in [0.2, 0.25) is 0 Å². The monoisotopic (exact) mass is 329 g/mol. The number of alkyl halides is 6. The van der Waals surface area contributed by atoms with E-state index in [1.807, 2.05) is 0 Å². The maximum atomic E-state index is 5.72. The van der Waals surface area contributed by atoms with E-state index in [1.54, 1.807) is 6.92 Å². The molecule has 0 N–H and O–H groups in total. The zero-order chi connectivity index (χ0) is 11.9. The van der Waals surface area contributed by atoms with Crippen LogP contribution in [0.25, 0.3) is 0 Å². The van der Waals surface area contributed by atoms with Gasteiger partial charge in [-0.3, -0.25) is 4.90 Å². The maximum Gasteiger partial charge on any atom is 0.270 e. The Morgan fingerprint density at radius 2 is 1.73 bits per heavy atom. The van der Waals surface area contributed by atoms with Crippen LogP contribution in [-0.4, -0.2) is 30.9 Å². The zero-order valence-corrected chi connectivity index (χ0v) is 11.8. The van der Waals surface area contributed by atoms with Crippen molar-refractivity contribution in [2.45, 2.75) is 20.8 Å². The summed E-state index contributed by atoms with van der Waals surface area (Å²) in [4.78, 5) is 9.00. The van der Waals surface area contributed by atoms with Crippen molar-refractivity contribution in [2.24, 2.45) is 9.98 Å². The number of hydrogen-bond acceptors (Lipinski definition) is 3. The highest BCUT2D eigenvalue weighted by Gasteiger charge is 2.45. The molecule has 0 aliphatic carbocycles. The maximum absolute atomic E-state index is 5.72. The molecule has 0 saturated carbocycles. The van der Waals surface area contributed by atoms with E-state index in [2.05, 4.69) is 9.98 Å². The van der Waals surface area contributed by atoms with Crippen molar-refractivity contribution in [3.8, 4) is 0 Å². The van der Waals surface area contributed by atoms with Gasteiger partial charge in [0.2, 0.25) is 3.79 Å². The SMILES string of the molecule is CC1=NC(C(Cl)(Cl)Cl)N(C(Cl)(Cl)Cl)C=N1. The molecule has 0 aromatic rings. The van der Waals surface area contributed by atoms with Crippen LogP contribution >= 0.6 is 69.6 Å². The number of aliphatic imine (C=N–C) groups is 2. The van der Waals surface area contributed by atoms with Crippen LogP contribution in [-0.2, 0) is 0 Å². The summed E-state index contributed by atoms with van der Waals surface area (Å²) in [5, 5.41) is 0. The van der Waals surface area contributed by atoms with Crippen LogP contribution in [0.4, 0.5) is 0 Å². The third-order valence-electron chi connectivity index (χ3n) is 1.53. The molecule has 0 bridgehead atoms. The van der Waals surface area contributed by atoms with Crippen molar-refractivity contribution in [1.82, 2.24) is 4.90 Å². The summed E-state index contributed by atoms with van der Waals surface area (Å²) in [5.41, 5.74) is 0. The normalized spacial score (nSPS) is 23.0. The molecule has 1 rings (SSSR count). The summed E-state index contributed by atoms with van der Waals surface area (Å²) in [6, 6.07) is 0. The minimum Gasteiger partial charge on any atom is -0.291 e. The molecule has 9 heteroatoms. The standard InChI is InChI=1S/C6H5Cl6N3/c1-3-13-2-15(6(10,11)12)4(14-3)5(7,8)9/h2,4H,1H3. The fraction of sp³-hybridized carbons (Fsp3) is 0.667. The van der Waals surface area contributed by atoms with Gasteiger partial charge in [0.05, 0.1) is 6.34 Å². The summed E-state index contributed by atoms with van der Waals surface area (Å²) in [6.07, 6.45) is 0.356. The van der Waals surface area contributed by atoms with Gasteiger partial charge < -0.3 is 0 Å². The fourth-order valence-corrected chi connectivity index (χ4v) is 1.79. The third-order valence-corrected chi connectivity index (χ3v) is 2.70. The lowest BCUT2D eigenvalue weighted by Crippen LogP contribution is -2.50. The van der Waals surface area contributed by atoms with Crippen LogP contribution in [0.3, 0.4) is 0 Å². The molecular formula is C6H5Cl6N3. The van der Waals surface area contributed by atoms with E-state index in [-0.39, 0.29) is 0 Å². The van der Waals surface area contributed by atoms with Crippen molar-refractivity contribution in [1.29, 1.82) is 0 Å². The van der Waals surface area contributed by atoms with E-state index in [1.165, 1.54) is 6.34 Å². The van der Waals surface area contributed by atoms with E-state index in [0.29, 0.717) is 5.84 Å². The lowest BCUT2D eigenvalue weighted by Gasteiger charge is -2.37. The molecule has 1 unspecified atom stereocenters. The minimum atomic E-state index is -1.78. The Morgan fingerprint density at radius 1 is 1.20 bits per heavy atom. The van der Waals surface area contributed by atoms with Gasteiger partial charge in [-0.05, 0) is 6.92 Å². The molecular weight excluding hydrogens is 327 g/mol. The minimum absolute atomic E-state index is 0.442. The van der Waals surface area contributed by atoms with E-state index >= 15 is 0 Å². The molecule has 0 fully saturated rings. The molecule has 0 aromatic carbocycles. The first-order valence-electron chi connectivity index (χ1n) is 3.63. The van der Waals surface area contributed by atoms with Crippen molar-refractivity contribution < 1.29 is 0 Å². The first kappa shape index (κ1) is 13.9. The van der Waals surface area contributed by atoms with Gasteiger partial charge in [0.25, 0.3) is 3.92 Å². The molecule has 1 aliphatic heterocycles. The smallest absolute Gasteiger partial charge is 0.270 e. The van der Waals surface area contributed by atoms with Crippen LogP contribution in [0, 0.1) is 0 Å². The predicted octanol–water partition coefficient (Wildman–Crippen LogP) is 3.77. The molecule has 0 aromatic heterocycles. The molecule has 0 amide bonds. The molecule has 1 aliphatic rings. The zero-order valence-electron chi connectivity index (χ0n) is 7.26. The Morgan fingerprint density at radius 3 is 2.13 bits per heavy atom. The van der Waals surface area contributed by atoms with Gasteiger partial charge >= 0.3 is 0 Å². The highest BCUT2D eigenvalue weighted by Crippen LogP contribution is 2.41. The molecule has 0 spiro atoms. The van der Waals surface area contributed by atoms with E-state index in [4.69, 9.17) is 69.6 Å². The van der Waals surface area contributed by atoms with Gasteiger partial charge in [-0.1, -0.05) is 69.6 Å². The summed E-state index contributed by atoms with van der Waals surface area (Å²) < 4.78 is -3.49. The summed E-state index contributed by atoms with van der Waals surface area (Å²) in [7, 11) is 0. The van der Waals surface area contributed by atoms with E-state index < -0.39 is 13.9 Å². The van der Waals surface area contributed by atoms with Crippen molar-refractivity contribution in [3.05, 3.63) is 0 Å². The summed E-state index contributed by atoms with van der Waals surface area (Å²) >= 11 is 34.2. The predicted molar refractivity (Wildman–Crippen MR) is 67.8 cm³/mol. The highest BCUT2D eigenvalue weighted by molar-refractivity contribution is 6.69. The Labute approximate surface area is 117 Å². The van der Waals surface area contributed by atoms with Crippen LogP contribution < -0.4 is 0 Å². The Balaban J connectivity index is 3.04. The van der Waals surface area contributed by atoms with Gasteiger partial charge in [0.1, 0.15) is 5.84 Å². The van der Waals surface area contributed by atoms with Crippen LogP contribution in [0.1, 0.15) is 6.92 Å². The topological polar surface area (TPSA) is 28.0 Å². The van der Waals surface area contributed by atoms with Crippen molar-refractivity contribution in [3.63, 3.8) is 0 Å². The third kappa shape index (κ3) is 3.69. The average molecular weight is 332 g/mol. The Bertz CT molecular complexity index is 301. The number of nitrogens with zero attached hydrogens (tertiary/aromatic N) is 3. The Kier molecular flexibility index (Phi) is 4.30. The number of rotatable bonds is 0. The number of amidine groups is 1. The van der Waals surface area contributed by atoms with E-state index in [0.717, 1.165) is 4.90 Å². The molecule has 1 atom stereocenters. The molecule has 1 heterocycles. The van der Waals surface area contributed by atoms with Gasteiger partial charge in [-0.25, -0.2) is 9.98 Å². The van der Waals surface area contributed by atoms with Crippen molar-refractivity contribution >= 4 is 81.8 Å². The molecule has 86 valence electrons. The largest absolute Gasteiger partial charge is 0.291 e. The van der Waals surface area contributed by atoms with Gasteiger partial charge in [-0.2, -0.15) is 0 Å². The van der Waals surface area contributed by atoms with E-state index in [9.17, 15) is 0 Å². The van der Waals surface area contributed by atoms with Crippen LogP contribution in [0.15, 0.2) is 9.98 Å². The fourth-order valence-electron chi connectivity index (χ4n) is 0.916. The first-order chi connectivity index (χ1) is 6.62. The average Bonchev–Trinajstić information content (AvgIpc) is 2.00. The van der Waals surface area contributed by atoms with Crippen LogP contribution in [0.5, 0.6) is 0 Å². The number of halogens is 6. The lowest BCUT2D eigenvalue weighted by atomic mass is 10.4. The Hall–Kier alpha value is 0.880. The molecule has 15 heavy (non-hydrogen) atoms. The summed E-state index contributed by atoms with van der Waals surface area (Å²) in [6.45, 7) is 1.65. The second-order valence-electron chi connectivity index (χ2n) is 2.71. The second kappa shape index (κ2) is 4.63. The first-order valence-corrected chi connectivity index (χ1v) is 5.89. The second-order valence-corrected chi connectivity index (χ2v) is 7.30. The molecule has 3 nitrogen and oxygen atoms in total.